The Morgan fingerprint density at radius 3 is 2.62 bits per heavy atom. The Bertz CT molecular complexity index is 929. The molecule has 4 rings (SSSR count). The summed E-state index contributed by atoms with van der Waals surface area (Å²) < 4.78 is 1.83. The standard InChI is InChI=1S/C18H15Cl2N3O/c19-12-6-7-13(14(20)11-12)16-15-5-1-2-10-23(15)17(21-16)18(24)22-8-3-4-9-22/h1-2,5-7,10-11H,3-4,8-9H2. The minimum Gasteiger partial charge on any atom is -0.336 e. The van der Waals surface area contributed by atoms with Crippen LogP contribution in [0, 0.1) is 0 Å². The second kappa shape index (κ2) is 6.11. The molecule has 1 saturated heterocycles. The summed E-state index contributed by atoms with van der Waals surface area (Å²) in [6, 6.07) is 11.1. The zero-order valence-electron chi connectivity index (χ0n) is 12.9. The number of likely N-dealkylation sites (tertiary alicyclic amines) is 1. The maximum Gasteiger partial charge on any atom is 0.290 e. The number of benzene rings is 1. The number of aromatic nitrogens is 2. The van der Waals surface area contributed by atoms with E-state index in [2.05, 4.69) is 4.98 Å². The van der Waals surface area contributed by atoms with Crippen molar-refractivity contribution in [2.24, 2.45) is 0 Å². The number of hydrogen-bond donors (Lipinski definition) is 0. The first kappa shape index (κ1) is 15.5. The molecule has 1 amide bonds. The van der Waals surface area contributed by atoms with Crippen molar-refractivity contribution in [2.45, 2.75) is 12.8 Å². The van der Waals surface area contributed by atoms with E-state index in [-0.39, 0.29) is 5.91 Å². The average Bonchev–Trinajstić information content (AvgIpc) is 3.22. The molecule has 6 heteroatoms. The lowest BCUT2D eigenvalue weighted by molar-refractivity contribution is 0.0780. The zero-order valence-corrected chi connectivity index (χ0v) is 14.4. The SMILES string of the molecule is O=C(c1nc(-c2ccc(Cl)cc2Cl)c2ccccn12)N1CCCC1. The quantitative estimate of drug-likeness (QED) is 0.673. The van der Waals surface area contributed by atoms with Crippen molar-refractivity contribution in [3.8, 4) is 11.3 Å². The molecule has 0 spiro atoms. The average molecular weight is 360 g/mol. The molecule has 1 aliphatic rings. The molecule has 24 heavy (non-hydrogen) atoms. The molecule has 2 aromatic heterocycles. The largest absolute Gasteiger partial charge is 0.336 e. The molecule has 1 fully saturated rings. The zero-order chi connectivity index (χ0) is 16.7. The van der Waals surface area contributed by atoms with E-state index >= 15 is 0 Å². The number of fused-ring (bicyclic) bond motifs is 1. The minimum absolute atomic E-state index is 0.0370. The van der Waals surface area contributed by atoms with Crippen LogP contribution in [0.2, 0.25) is 10.0 Å². The molecule has 1 aliphatic heterocycles. The second-order valence-electron chi connectivity index (χ2n) is 5.86. The van der Waals surface area contributed by atoms with E-state index in [1.807, 2.05) is 39.8 Å². The van der Waals surface area contributed by atoms with Crippen molar-refractivity contribution in [3.05, 3.63) is 58.5 Å². The number of imidazole rings is 1. The molecule has 0 radical (unpaired) electrons. The highest BCUT2D eigenvalue weighted by Crippen LogP contribution is 2.33. The highest BCUT2D eigenvalue weighted by Gasteiger charge is 2.25. The fourth-order valence-corrected chi connectivity index (χ4v) is 3.63. The Balaban J connectivity index is 1.89. The molecule has 0 atom stereocenters. The van der Waals surface area contributed by atoms with Gasteiger partial charge in [0.1, 0.15) is 0 Å². The molecule has 0 unspecified atom stereocenters. The number of amides is 1. The smallest absolute Gasteiger partial charge is 0.290 e. The van der Waals surface area contributed by atoms with Gasteiger partial charge in [0, 0.05) is 29.9 Å². The fourth-order valence-electron chi connectivity index (χ4n) is 3.13. The Morgan fingerprint density at radius 2 is 1.88 bits per heavy atom. The van der Waals surface area contributed by atoms with E-state index < -0.39 is 0 Å². The predicted octanol–water partition coefficient (Wildman–Crippen LogP) is 4.54. The van der Waals surface area contributed by atoms with Crippen molar-refractivity contribution < 1.29 is 4.79 Å². The summed E-state index contributed by atoms with van der Waals surface area (Å²) in [5.74, 6) is 0.388. The van der Waals surface area contributed by atoms with Crippen molar-refractivity contribution in [1.82, 2.24) is 14.3 Å². The summed E-state index contributed by atoms with van der Waals surface area (Å²) in [7, 11) is 0. The molecule has 0 N–H and O–H groups in total. The molecule has 0 saturated carbocycles. The van der Waals surface area contributed by atoms with Crippen molar-refractivity contribution in [1.29, 1.82) is 0 Å². The highest BCUT2D eigenvalue weighted by molar-refractivity contribution is 6.36. The van der Waals surface area contributed by atoms with Gasteiger partial charge >= 0.3 is 0 Å². The molecule has 3 heterocycles. The van der Waals surface area contributed by atoms with Gasteiger partial charge in [-0.25, -0.2) is 4.98 Å². The van der Waals surface area contributed by atoms with Gasteiger partial charge < -0.3 is 4.90 Å². The second-order valence-corrected chi connectivity index (χ2v) is 6.71. The van der Waals surface area contributed by atoms with Crippen LogP contribution >= 0.6 is 23.2 Å². The van der Waals surface area contributed by atoms with Gasteiger partial charge in [-0.15, -0.1) is 0 Å². The van der Waals surface area contributed by atoms with Gasteiger partial charge in [0.25, 0.3) is 5.91 Å². The number of pyridine rings is 1. The lowest BCUT2D eigenvalue weighted by Gasteiger charge is -2.13. The molecule has 0 aliphatic carbocycles. The first-order valence-corrected chi connectivity index (χ1v) is 8.62. The molecular formula is C18H15Cl2N3O. The summed E-state index contributed by atoms with van der Waals surface area (Å²) in [5, 5.41) is 1.09. The number of halogens is 2. The van der Waals surface area contributed by atoms with Crippen LogP contribution in [0.15, 0.2) is 42.6 Å². The summed E-state index contributed by atoms with van der Waals surface area (Å²) in [6.45, 7) is 1.58. The van der Waals surface area contributed by atoms with Crippen LogP contribution in [0.5, 0.6) is 0 Å². The molecule has 122 valence electrons. The van der Waals surface area contributed by atoms with Crippen LogP contribution in [0.25, 0.3) is 16.8 Å². The van der Waals surface area contributed by atoms with Crippen LogP contribution in [0.4, 0.5) is 0 Å². The summed E-state index contributed by atoms with van der Waals surface area (Å²) in [5.41, 5.74) is 2.31. The van der Waals surface area contributed by atoms with E-state index in [4.69, 9.17) is 23.2 Å². The normalized spacial score (nSPS) is 14.5. The predicted molar refractivity (Wildman–Crippen MR) is 95.8 cm³/mol. The van der Waals surface area contributed by atoms with Gasteiger partial charge in [-0.05, 0) is 43.2 Å². The Kier molecular flexibility index (Phi) is 3.94. The van der Waals surface area contributed by atoms with Crippen molar-refractivity contribution >= 4 is 34.6 Å². The van der Waals surface area contributed by atoms with Crippen LogP contribution < -0.4 is 0 Å². The first-order valence-electron chi connectivity index (χ1n) is 7.87. The molecule has 0 bridgehead atoms. The Morgan fingerprint density at radius 1 is 1.08 bits per heavy atom. The monoisotopic (exact) mass is 359 g/mol. The summed E-state index contributed by atoms with van der Waals surface area (Å²) in [4.78, 5) is 19.3. The van der Waals surface area contributed by atoms with E-state index in [9.17, 15) is 4.79 Å². The maximum atomic E-state index is 12.8. The van der Waals surface area contributed by atoms with Gasteiger partial charge in [-0.2, -0.15) is 0 Å². The van der Waals surface area contributed by atoms with Gasteiger partial charge in [-0.3, -0.25) is 9.20 Å². The van der Waals surface area contributed by atoms with Crippen LogP contribution in [-0.4, -0.2) is 33.3 Å². The molecular weight excluding hydrogens is 345 g/mol. The highest BCUT2D eigenvalue weighted by atomic mass is 35.5. The lowest BCUT2D eigenvalue weighted by atomic mass is 10.1. The van der Waals surface area contributed by atoms with Crippen LogP contribution in [0.3, 0.4) is 0 Å². The molecule has 4 nitrogen and oxygen atoms in total. The van der Waals surface area contributed by atoms with Crippen molar-refractivity contribution in [3.63, 3.8) is 0 Å². The third-order valence-corrected chi connectivity index (χ3v) is 4.87. The molecule has 3 aromatic rings. The minimum atomic E-state index is -0.0370. The number of carbonyl (C=O) groups excluding carboxylic acids is 1. The fraction of sp³-hybridized carbons (Fsp3) is 0.222. The maximum absolute atomic E-state index is 12.8. The van der Waals surface area contributed by atoms with Crippen LogP contribution in [0.1, 0.15) is 23.5 Å². The summed E-state index contributed by atoms with van der Waals surface area (Å²) >= 11 is 12.3. The van der Waals surface area contributed by atoms with E-state index in [0.29, 0.717) is 21.6 Å². The summed E-state index contributed by atoms with van der Waals surface area (Å²) in [6.07, 6.45) is 3.95. The van der Waals surface area contributed by atoms with Crippen LogP contribution in [-0.2, 0) is 0 Å². The van der Waals surface area contributed by atoms with Gasteiger partial charge in [0.05, 0.1) is 16.2 Å². The number of rotatable bonds is 2. The number of hydrogen-bond acceptors (Lipinski definition) is 2. The third kappa shape index (κ3) is 2.56. The van der Waals surface area contributed by atoms with E-state index in [1.54, 1.807) is 12.1 Å². The van der Waals surface area contributed by atoms with Gasteiger partial charge in [-0.1, -0.05) is 29.3 Å². The molecule has 1 aromatic carbocycles. The van der Waals surface area contributed by atoms with Crippen molar-refractivity contribution in [2.75, 3.05) is 13.1 Å². The first-order chi connectivity index (χ1) is 11.6. The lowest BCUT2D eigenvalue weighted by Crippen LogP contribution is -2.29. The van der Waals surface area contributed by atoms with E-state index in [0.717, 1.165) is 37.0 Å². The van der Waals surface area contributed by atoms with Gasteiger partial charge in [0.15, 0.2) is 0 Å². The number of nitrogens with zero attached hydrogens (tertiary/aromatic N) is 3. The Labute approximate surface area is 149 Å². The van der Waals surface area contributed by atoms with Gasteiger partial charge in [0.2, 0.25) is 5.82 Å². The Hall–Kier alpha value is -2.04. The topological polar surface area (TPSA) is 37.6 Å². The third-order valence-electron chi connectivity index (χ3n) is 4.32. The van der Waals surface area contributed by atoms with E-state index in [1.165, 1.54) is 0 Å². The number of carbonyl (C=O) groups is 1.